The largest absolute Gasteiger partial charge is 0.462 e. The van der Waals surface area contributed by atoms with Crippen molar-refractivity contribution in [3.05, 3.63) is 34.9 Å². The maximum Gasteiger partial charge on any atom is 0.338 e. The Kier molecular flexibility index (Phi) is 5.71. The standard InChI is InChI=1S/C13H13BrO4/c1-2-18-13(17)11-7-9(12(16)5-6-14)3-4-10(11)8-15/h3-4,7-8H,2,5-6H2,1H3. The molecule has 0 radical (unpaired) electrons. The number of carbonyl (C=O) groups excluding carboxylic acids is 3. The molecule has 0 N–H and O–H groups in total. The van der Waals surface area contributed by atoms with E-state index in [1.807, 2.05) is 0 Å². The van der Waals surface area contributed by atoms with E-state index in [4.69, 9.17) is 4.74 Å². The van der Waals surface area contributed by atoms with E-state index in [0.29, 0.717) is 23.6 Å². The van der Waals surface area contributed by atoms with Crippen LogP contribution in [0.2, 0.25) is 0 Å². The zero-order valence-electron chi connectivity index (χ0n) is 9.94. The second-order valence-electron chi connectivity index (χ2n) is 3.50. The molecule has 0 aliphatic rings. The second kappa shape index (κ2) is 7.06. The summed E-state index contributed by atoms with van der Waals surface area (Å²) < 4.78 is 4.85. The summed E-state index contributed by atoms with van der Waals surface area (Å²) in [6.45, 7) is 1.90. The van der Waals surface area contributed by atoms with E-state index in [9.17, 15) is 14.4 Å². The lowest BCUT2D eigenvalue weighted by atomic mass is 10.0. The van der Waals surface area contributed by atoms with Crippen molar-refractivity contribution in [2.24, 2.45) is 0 Å². The highest BCUT2D eigenvalue weighted by atomic mass is 79.9. The normalized spacial score (nSPS) is 9.89. The van der Waals surface area contributed by atoms with Gasteiger partial charge in [-0.15, -0.1) is 0 Å². The Morgan fingerprint density at radius 1 is 1.39 bits per heavy atom. The monoisotopic (exact) mass is 312 g/mol. The van der Waals surface area contributed by atoms with Crippen molar-refractivity contribution in [2.45, 2.75) is 13.3 Å². The fourth-order valence-electron chi connectivity index (χ4n) is 1.45. The first-order valence-corrected chi connectivity index (χ1v) is 6.61. The topological polar surface area (TPSA) is 60.4 Å². The quantitative estimate of drug-likeness (QED) is 0.351. The number of esters is 1. The minimum Gasteiger partial charge on any atom is -0.462 e. The summed E-state index contributed by atoms with van der Waals surface area (Å²) in [4.78, 5) is 34.2. The Bertz CT molecular complexity index is 468. The van der Waals surface area contributed by atoms with Gasteiger partial charge >= 0.3 is 5.97 Å². The first-order chi connectivity index (χ1) is 8.63. The van der Waals surface area contributed by atoms with Crippen LogP contribution in [0.25, 0.3) is 0 Å². The van der Waals surface area contributed by atoms with Crippen LogP contribution in [-0.4, -0.2) is 30.0 Å². The van der Waals surface area contributed by atoms with Crippen LogP contribution < -0.4 is 0 Å². The van der Waals surface area contributed by atoms with Gasteiger partial charge in [-0.05, 0) is 13.0 Å². The lowest BCUT2D eigenvalue weighted by Crippen LogP contribution is -2.10. The summed E-state index contributed by atoms with van der Waals surface area (Å²) >= 11 is 3.18. The summed E-state index contributed by atoms with van der Waals surface area (Å²) in [6, 6.07) is 4.41. The lowest BCUT2D eigenvalue weighted by Gasteiger charge is -2.06. The molecule has 0 aromatic heterocycles. The van der Waals surface area contributed by atoms with Crippen molar-refractivity contribution < 1.29 is 19.1 Å². The van der Waals surface area contributed by atoms with Crippen molar-refractivity contribution in [1.82, 2.24) is 0 Å². The van der Waals surface area contributed by atoms with E-state index in [1.54, 1.807) is 6.92 Å². The van der Waals surface area contributed by atoms with Gasteiger partial charge in [0.1, 0.15) is 0 Å². The van der Waals surface area contributed by atoms with Crippen LogP contribution in [0.5, 0.6) is 0 Å². The SMILES string of the molecule is CCOC(=O)c1cc(C(=O)CCBr)ccc1C=O. The third-order valence-electron chi connectivity index (χ3n) is 2.32. The van der Waals surface area contributed by atoms with E-state index in [-0.39, 0.29) is 23.5 Å². The van der Waals surface area contributed by atoms with Crippen molar-refractivity contribution in [1.29, 1.82) is 0 Å². The number of benzene rings is 1. The van der Waals surface area contributed by atoms with Crippen molar-refractivity contribution in [3.8, 4) is 0 Å². The number of carbonyl (C=O) groups is 3. The van der Waals surface area contributed by atoms with Crippen molar-refractivity contribution in [3.63, 3.8) is 0 Å². The molecule has 0 spiro atoms. The molecule has 0 saturated heterocycles. The van der Waals surface area contributed by atoms with Crippen LogP contribution in [0, 0.1) is 0 Å². The van der Waals surface area contributed by atoms with Gasteiger partial charge in [-0.2, -0.15) is 0 Å². The highest BCUT2D eigenvalue weighted by Crippen LogP contribution is 2.14. The third-order valence-corrected chi connectivity index (χ3v) is 2.72. The number of Topliss-reactive ketones (excluding diaryl/α,β-unsaturated/α-hetero) is 1. The molecule has 18 heavy (non-hydrogen) atoms. The number of rotatable bonds is 6. The van der Waals surface area contributed by atoms with E-state index >= 15 is 0 Å². The molecule has 1 aromatic carbocycles. The third kappa shape index (κ3) is 3.50. The van der Waals surface area contributed by atoms with Gasteiger partial charge < -0.3 is 4.74 Å². The number of ether oxygens (including phenoxy) is 1. The second-order valence-corrected chi connectivity index (χ2v) is 4.30. The molecule has 0 unspecified atom stereocenters. The average molecular weight is 313 g/mol. The summed E-state index contributed by atoms with van der Waals surface area (Å²) in [7, 11) is 0. The molecule has 5 heteroatoms. The first kappa shape index (κ1) is 14.6. The van der Waals surface area contributed by atoms with Gasteiger partial charge in [0.05, 0.1) is 12.2 Å². The number of halogens is 1. The molecule has 0 heterocycles. The number of hydrogen-bond donors (Lipinski definition) is 0. The molecule has 0 bridgehead atoms. The zero-order chi connectivity index (χ0) is 13.5. The van der Waals surface area contributed by atoms with E-state index in [1.165, 1.54) is 18.2 Å². The predicted octanol–water partition coefficient (Wildman–Crippen LogP) is 2.64. The van der Waals surface area contributed by atoms with Crippen LogP contribution in [0.3, 0.4) is 0 Å². The summed E-state index contributed by atoms with van der Waals surface area (Å²) in [5.41, 5.74) is 0.763. The number of ketones is 1. The summed E-state index contributed by atoms with van der Waals surface area (Å²) in [5.74, 6) is -0.678. The van der Waals surface area contributed by atoms with Gasteiger partial charge in [-0.1, -0.05) is 28.1 Å². The van der Waals surface area contributed by atoms with Crippen molar-refractivity contribution in [2.75, 3.05) is 11.9 Å². The smallest absolute Gasteiger partial charge is 0.338 e. The number of alkyl halides is 1. The van der Waals surface area contributed by atoms with Crippen LogP contribution in [0.15, 0.2) is 18.2 Å². The number of aldehydes is 1. The Hall–Kier alpha value is -1.49. The first-order valence-electron chi connectivity index (χ1n) is 5.49. The van der Waals surface area contributed by atoms with Crippen LogP contribution in [0.1, 0.15) is 44.4 Å². The summed E-state index contributed by atoms with van der Waals surface area (Å²) in [6.07, 6.45) is 0.910. The van der Waals surface area contributed by atoms with E-state index in [0.717, 1.165) is 0 Å². The molecule has 4 nitrogen and oxygen atoms in total. The van der Waals surface area contributed by atoms with E-state index < -0.39 is 5.97 Å². The number of hydrogen-bond acceptors (Lipinski definition) is 4. The predicted molar refractivity (Wildman–Crippen MR) is 70.5 cm³/mol. The minimum atomic E-state index is -0.590. The molecular weight excluding hydrogens is 300 g/mol. The van der Waals surface area contributed by atoms with Crippen LogP contribution >= 0.6 is 15.9 Å². The van der Waals surface area contributed by atoms with Gasteiger partial charge in [0, 0.05) is 22.9 Å². The van der Waals surface area contributed by atoms with Gasteiger partial charge in [-0.3, -0.25) is 9.59 Å². The highest BCUT2D eigenvalue weighted by molar-refractivity contribution is 9.09. The fourth-order valence-corrected chi connectivity index (χ4v) is 1.81. The minimum absolute atomic E-state index is 0.0881. The average Bonchev–Trinajstić information content (AvgIpc) is 2.38. The van der Waals surface area contributed by atoms with Gasteiger partial charge in [0.2, 0.25) is 0 Å². The molecule has 0 amide bonds. The van der Waals surface area contributed by atoms with Gasteiger partial charge in [-0.25, -0.2) is 4.79 Å². The van der Waals surface area contributed by atoms with E-state index in [2.05, 4.69) is 15.9 Å². The molecule has 1 rings (SSSR count). The molecule has 0 aliphatic heterocycles. The Labute approximate surface area is 113 Å². The highest BCUT2D eigenvalue weighted by Gasteiger charge is 2.15. The Balaban J connectivity index is 3.13. The molecule has 1 aromatic rings. The Morgan fingerprint density at radius 2 is 2.11 bits per heavy atom. The van der Waals surface area contributed by atoms with Gasteiger partial charge in [0.15, 0.2) is 12.1 Å². The molecule has 0 fully saturated rings. The maximum atomic E-state index is 11.7. The fraction of sp³-hybridized carbons (Fsp3) is 0.308. The molecular formula is C13H13BrO4. The maximum absolute atomic E-state index is 11.7. The van der Waals surface area contributed by atoms with Crippen molar-refractivity contribution >= 4 is 34.0 Å². The van der Waals surface area contributed by atoms with Gasteiger partial charge in [0.25, 0.3) is 0 Å². The summed E-state index contributed by atoms with van der Waals surface area (Å²) in [5, 5.41) is 0.552. The lowest BCUT2D eigenvalue weighted by molar-refractivity contribution is 0.0524. The Morgan fingerprint density at radius 3 is 2.67 bits per heavy atom. The molecule has 0 aliphatic carbocycles. The zero-order valence-corrected chi connectivity index (χ0v) is 11.5. The molecule has 96 valence electrons. The van der Waals surface area contributed by atoms with Crippen LogP contribution in [0.4, 0.5) is 0 Å². The molecule has 0 atom stereocenters. The van der Waals surface area contributed by atoms with Crippen LogP contribution in [-0.2, 0) is 4.74 Å². The molecule has 0 saturated carbocycles.